The van der Waals surface area contributed by atoms with Crippen molar-refractivity contribution in [2.75, 3.05) is 18.8 Å². The number of urea groups is 1. The van der Waals surface area contributed by atoms with Crippen molar-refractivity contribution in [2.45, 2.75) is 17.7 Å². The third-order valence-corrected chi connectivity index (χ3v) is 5.72. The molecule has 2 N–H and O–H groups in total. The van der Waals surface area contributed by atoms with E-state index in [-0.39, 0.29) is 11.8 Å². The van der Waals surface area contributed by atoms with Crippen LogP contribution >= 0.6 is 11.8 Å². The first-order valence-electron chi connectivity index (χ1n) is 8.69. The zero-order chi connectivity index (χ0) is 18.4. The summed E-state index contributed by atoms with van der Waals surface area (Å²) in [5.74, 6) is 1.27. The van der Waals surface area contributed by atoms with Gasteiger partial charge in [-0.3, -0.25) is 10.1 Å². The number of phenolic OH excluding ortho intramolecular Hbond substituents is 1. The lowest BCUT2D eigenvalue weighted by molar-refractivity contribution is 0.0946. The summed E-state index contributed by atoms with van der Waals surface area (Å²) in [5.41, 5.74) is 0.352. The van der Waals surface area contributed by atoms with Crippen LogP contribution in [0.1, 0.15) is 23.2 Å². The predicted molar refractivity (Wildman–Crippen MR) is 102 cm³/mol. The minimum absolute atomic E-state index is 0.0864. The van der Waals surface area contributed by atoms with Crippen molar-refractivity contribution in [2.24, 2.45) is 5.92 Å². The van der Waals surface area contributed by atoms with E-state index < -0.39 is 5.91 Å². The van der Waals surface area contributed by atoms with Gasteiger partial charge in [-0.05, 0) is 55.2 Å². The van der Waals surface area contributed by atoms with E-state index in [0.29, 0.717) is 24.6 Å². The maximum absolute atomic E-state index is 12.3. The lowest BCUT2D eigenvalue weighted by Crippen LogP contribution is -2.46. The van der Waals surface area contributed by atoms with E-state index in [1.807, 2.05) is 30.0 Å². The van der Waals surface area contributed by atoms with Crippen LogP contribution in [0.4, 0.5) is 4.79 Å². The van der Waals surface area contributed by atoms with Gasteiger partial charge < -0.3 is 10.0 Å². The first kappa shape index (κ1) is 18.3. The highest BCUT2D eigenvalue weighted by Crippen LogP contribution is 2.26. The van der Waals surface area contributed by atoms with Gasteiger partial charge in [0.2, 0.25) is 0 Å². The van der Waals surface area contributed by atoms with Gasteiger partial charge in [-0.1, -0.05) is 18.2 Å². The van der Waals surface area contributed by atoms with Gasteiger partial charge in [-0.25, -0.2) is 4.79 Å². The number of benzene rings is 2. The Hall–Kier alpha value is -2.47. The first-order valence-corrected chi connectivity index (χ1v) is 9.67. The third-order valence-electron chi connectivity index (χ3n) is 4.48. The van der Waals surface area contributed by atoms with Crippen molar-refractivity contribution >= 4 is 23.7 Å². The van der Waals surface area contributed by atoms with Crippen LogP contribution in [0, 0.1) is 5.92 Å². The van der Waals surface area contributed by atoms with Gasteiger partial charge in [-0.2, -0.15) is 0 Å². The predicted octanol–water partition coefficient (Wildman–Crippen LogP) is 3.75. The number of likely N-dealkylation sites (tertiary alicyclic amines) is 1. The van der Waals surface area contributed by atoms with Crippen molar-refractivity contribution in [3.8, 4) is 5.75 Å². The number of hydrogen-bond donors (Lipinski definition) is 2. The van der Waals surface area contributed by atoms with Crippen LogP contribution in [0.3, 0.4) is 0 Å². The number of carbonyl (C=O) groups excluding carboxylic acids is 2. The number of nitrogens with zero attached hydrogens (tertiary/aromatic N) is 1. The Morgan fingerprint density at radius 1 is 1.04 bits per heavy atom. The fourth-order valence-electron chi connectivity index (χ4n) is 2.89. The zero-order valence-corrected chi connectivity index (χ0v) is 15.2. The summed E-state index contributed by atoms with van der Waals surface area (Å²) in [4.78, 5) is 27.3. The highest BCUT2D eigenvalue weighted by molar-refractivity contribution is 7.99. The molecule has 6 heteroatoms. The van der Waals surface area contributed by atoms with Crippen molar-refractivity contribution < 1.29 is 14.7 Å². The van der Waals surface area contributed by atoms with Gasteiger partial charge in [0, 0.05) is 29.3 Å². The molecule has 1 aliphatic heterocycles. The number of imide groups is 1. The minimum atomic E-state index is -0.447. The molecule has 1 saturated heterocycles. The zero-order valence-electron chi connectivity index (χ0n) is 14.4. The molecule has 3 rings (SSSR count). The largest absolute Gasteiger partial charge is 0.508 e. The van der Waals surface area contributed by atoms with Crippen LogP contribution < -0.4 is 5.32 Å². The van der Waals surface area contributed by atoms with Crippen LogP contribution in [-0.4, -0.2) is 40.8 Å². The molecule has 2 aromatic rings. The Kier molecular flexibility index (Phi) is 6.17. The Bertz CT molecular complexity index is 741. The van der Waals surface area contributed by atoms with E-state index in [4.69, 9.17) is 0 Å². The fourth-order valence-corrected chi connectivity index (χ4v) is 4.01. The van der Waals surface area contributed by atoms with Crippen LogP contribution in [-0.2, 0) is 0 Å². The molecule has 0 radical (unpaired) electrons. The Labute approximate surface area is 157 Å². The van der Waals surface area contributed by atoms with Crippen LogP contribution in [0.25, 0.3) is 0 Å². The maximum Gasteiger partial charge on any atom is 0.324 e. The first-order chi connectivity index (χ1) is 12.6. The summed E-state index contributed by atoms with van der Waals surface area (Å²) in [6, 6.07) is 15.8. The minimum Gasteiger partial charge on any atom is -0.508 e. The molecule has 0 saturated carbocycles. The molecule has 1 aliphatic rings. The van der Waals surface area contributed by atoms with Crippen molar-refractivity contribution in [1.82, 2.24) is 10.2 Å². The van der Waals surface area contributed by atoms with Crippen molar-refractivity contribution in [1.29, 1.82) is 0 Å². The van der Waals surface area contributed by atoms with Gasteiger partial charge >= 0.3 is 6.03 Å². The van der Waals surface area contributed by atoms with E-state index in [1.54, 1.807) is 4.90 Å². The topological polar surface area (TPSA) is 69.6 Å². The lowest BCUT2D eigenvalue weighted by Gasteiger charge is -2.31. The van der Waals surface area contributed by atoms with Gasteiger partial charge in [0.05, 0.1) is 0 Å². The monoisotopic (exact) mass is 370 g/mol. The SMILES string of the molecule is O=C(NC(=O)N1CCC(CSc2ccccc2)CC1)c1ccc(O)cc1. The van der Waals surface area contributed by atoms with Gasteiger partial charge in [-0.15, -0.1) is 11.8 Å². The van der Waals surface area contributed by atoms with Gasteiger partial charge in [0.15, 0.2) is 0 Å². The second-order valence-electron chi connectivity index (χ2n) is 6.36. The summed E-state index contributed by atoms with van der Waals surface area (Å²) in [5, 5.41) is 11.7. The molecule has 0 bridgehead atoms. The van der Waals surface area contributed by atoms with E-state index in [2.05, 4.69) is 17.4 Å². The number of piperidine rings is 1. The summed E-state index contributed by atoms with van der Waals surface area (Å²) in [7, 11) is 0. The average Bonchev–Trinajstić information content (AvgIpc) is 2.68. The van der Waals surface area contributed by atoms with Crippen molar-refractivity contribution in [3.63, 3.8) is 0 Å². The summed E-state index contributed by atoms with van der Waals surface area (Å²) < 4.78 is 0. The smallest absolute Gasteiger partial charge is 0.324 e. The van der Waals surface area contributed by atoms with Gasteiger partial charge in [0.25, 0.3) is 5.91 Å². The van der Waals surface area contributed by atoms with E-state index >= 15 is 0 Å². The van der Waals surface area contributed by atoms with Crippen LogP contribution in [0.5, 0.6) is 5.75 Å². The summed E-state index contributed by atoms with van der Waals surface area (Å²) >= 11 is 1.85. The number of thioether (sulfide) groups is 1. The van der Waals surface area contributed by atoms with E-state index in [0.717, 1.165) is 18.6 Å². The third kappa shape index (κ3) is 5.02. The molecule has 2 aromatic carbocycles. The molecular weight excluding hydrogens is 348 g/mol. The summed E-state index contributed by atoms with van der Waals surface area (Å²) in [6.07, 6.45) is 1.89. The molecule has 0 unspecified atom stereocenters. The maximum atomic E-state index is 12.3. The summed E-state index contributed by atoms with van der Waals surface area (Å²) in [6.45, 7) is 1.32. The molecule has 26 heavy (non-hydrogen) atoms. The number of aromatic hydroxyl groups is 1. The fraction of sp³-hybridized carbons (Fsp3) is 0.300. The number of rotatable bonds is 4. The Morgan fingerprint density at radius 3 is 2.35 bits per heavy atom. The van der Waals surface area contributed by atoms with E-state index in [1.165, 1.54) is 29.2 Å². The molecule has 0 atom stereocenters. The molecule has 5 nitrogen and oxygen atoms in total. The molecule has 1 fully saturated rings. The number of phenols is 1. The normalized spacial score (nSPS) is 14.8. The van der Waals surface area contributed by atoms with Crippen LogP contribution in [0.15, 0.2) is 59.5 Å². The lowest BCUT2D eigenvalue weighted by atomic mass is 9.99. The number of carbonyl (C=O) groups is 2. The van der Waals surface area contributed by atoms with Gasteiger partial charge in [0.1, 0.15) is 5.75 Å². The molecule has 0 aliphatic carbocycles. The van der Waals surface area contributed by atoms with E-state index in [9.17, 15) is 14.7 Å². The second kappa shape index (κ2) is 8.76. The quantitative estimate of drug-likeness (QED) is 0.805. The highest BCUT2D eigenvalue weighted by atomic mass is 32.2. The molecule has 136 valence electrons. The average molecular weight is 370 g/mol. The molecular formula is C20H22N2O3S. The van der Waals surface area contributed by atoms with Crippen LogP contribution in [0.2, 0.25) is 0 Å². The highest BCUT2D eigenvalue weighted by Gasteiger charge is 2.24. The number of nitrogens with one attached hydrogen (secondary N) is 1. The molecule has 0 aromatic heterocycles. The molecule has 3 amide bonds. The second-order valence-corrected chi connectivity index (χ2v) is 7.45. The Morgan fingerprint density at radius 2 is 1.69 bits per heavy atom. The number of amides is 3. The molecule has 1 heterocycles. The number of hydrogen-bond acceptors (Lipinski definition) is 4. The van der Waals surface area contributed by atoms with Crippen molar-refractivity contribution in [3.05, 3.63) is 60.2 Å². The molecule has 0 spiro atoms. The Balaban J connectivity index is 1.43. The standard InChI is InChI=1S/C20H22N2O3S/c23-17-8-6-16(7-9-17)19(24)21-20(25)22-12-10-15(11-13-22)14-26-18-4-2-1-3-5-18/h1-9,15,23H,10-14H2,(H,21,24,25).